The number of hydrogen-bond donors (Lipinski definition) is 0. The van der Waals surface area contributed by atoms with Crippen LogP contribution in [0.5, 0.6) is 0 Å². The second-order valence-electron chi connectivity index (χ2n) is 4.86. The van der Waals surface area contributed by atoms with E-state index in [1.165, 1.54) is 11.6 Å². The van der Waals surface area contributed by atoms with E-state index in [1.54, 1.807) is 20.1 Å². The number of ether oxygens (including phenoxy) is 1. The number of halogens is 2. The summed E-state index contributed by atoms with van der Waals surface area (Å²) in [5.74, 6) is -0.218. The zero-order valence-corrected chi connectivity index (χ0v) is 12.5. The molecule has 2 aromatic rings. The van der Waals surface area contributed by atoms with Gasteiger partial charge in [0, 0.05) is 7.11 Å². The fourth-order valence-corrected chi connectivity index (χ4v) is 2.31. The molecule has 0 spiro atoms. The third kappa shape index (κ3) is 3.59. The van der Waals surface area contributed by atoms with Crippen LogP contribution in [0.1, 0.15) is 27.6 Å². The van der Waals surface area contributed by atoms with Gasteiger partial charge in [-0.05, 0) is 41.7 Å². The molecule has 0 saturated carbocycles. The van der Waals surface area contributed by atoms with Crippen molar-refractivity contribution in [2.75, 3.05) is 13.7 Å². The monoisotopic (exact) mass is 292 g/mol. The van der Waals surface area contributed by atoms with Crippen LogP contribution < -0.4 is 0 Å². The lowest BCUT2D eigenvalue weighted by Crippen LogP contribution is -1.97. The Labute approximate surface area is 124 Å². The molecule has 2 aromatic carbocycles. The molecule has 0 heterocycles. The molecule has 1 atom stereocenters. The molecule has 1 nitrogen and oxygen atoms in total. The topological polar surface area (TPSA) is 9.23 Å². The van der Waals surface area contributed by atoms with Gasteiger partial charge in [0.05, 0.1) is 12.0 Å². The Morgan fingerprint density at radius 3 is 2.35 bits per heavy atom. The van der Waals surface area contributed by atoms with Gasteiger partial charge in [0.15, 0.2) is 0 Å². The molecule has 1 unspecified atom stereocenters. The maximum absolute atomic E-state index is 13.6. The number of hydrogen-bond acceptors (Lipinski definition) is 1. The molecule has 0 aliphatic carbocycles. The Morgan fingerprint density at radius 1 is 1.10 bits per heavy atom. The molecule has 3 heteroatoms. The van der Waals surface area contributed by atoms with Crippen LogP contribution in [0.25, 0.3) is 0 Å². The highest BCUT2D eigenvalue weighted by Gasteiger charge is 2.12. The molecule has 0 saturated heterocycles. The van der Waals surface area contributed by atoms with Gasteiger partial charge in [-0.25, -0.2) is 4.39 Å². The van der Waals surface area contributed by atoms with Gasteiger partial charge in [-0.1, -0.05) is 36.4 Å². The van der Waals surface area contributed by atoms with Crippen LogP contribution in [0.4, 0.5) is 4.39 Å². The molecule has 0 N–H and O–H groups in total. The number of aryl methyl sites for hydroxylation is 1. The minimum atomic E-state index is -0.332. The third-order valence-electron chi connectivity index (χ3n) is 3.36. The maximum Gasteiger partial charge on any atom is 0.126 e. The van der Waals surface area contributed by atoms with Crippen molar-refractivity contribution in [1.82, 2.24) is 0 Å². The van der Waals surface area contributed by atoms with Crippen LogP contribution in [-0.4, -0.2) is 13.7 Å². The SMILES string of the molecule is COCCc1ccc(C(Cl)c2ccc(C)c(F)c2)cc1. The molecule has 0 aliphatic heterocycles. The highest BCUT2D eigenvalue weighted by atomic mass is 35.5. The summed E-state index contributed by atoms with van der Waals surface area (Å²) >= 11 is 6.42. The van der Waals surface area contributed by atoms with Gasteiger partial charge in [0.1, 0.15) is 5.82 Å². The molecule has 0 amide bonds. The maximum atomic E-state index is 13.6. The van der Waals surface area contributed by atoms with Crippen LogP contribution in [0.2, 0.25) is 0 Å². The van der Waals surface area contributed by atoms with Crippen LogP contribution in [0.3, 0.4) is 0 Å². The number of rotatable bonds is 5. The molecule has 20 heavy (non-hydrogen) atoms. The molecular weight excluding hydrogens is 275 g/mol. The first kappa shape index (κ1) is 15.0. The second kappa shape index (κ2) is 6.87. The highest BCUT2D eigenvalue weighted by Crippen LogP contribution is 2.29. The van der Waals surface area contributed by atoms with E-state index in [4.69, 9.17) is 16.3 Å². The molecule has 0 bridgehead atoms. The van der Waals surface area contributed by atoms with Crippen molar-refractivity contribution in [2.45, 2.75) is 18.7 Å². The zero-order chi connectivity index (χ0) is 14.5. The van der Waals surface area contributed by atoms with Crippen molar-refractivity contribution in [3.8, 4) is 0 Å². The first-order valence-corrected chi connectivity index (χ1v) is 7.03. The molecular formula is C17H18ClFO. The minimum absolute atomic E-state index is 0.218. The zero-order valence-electron chi connectivity index (χ0n) is 11.7. The van der Waals surface area contributed by atoms with Crippen molar-refractivity contribution in [2.24, 2.45) is 0 Å². The second-order valence-corrected chi connectivity index (χ2v) is 5.29. The van der Waals surface area contributed by atoms with Gasteiger partial charge in [0.25, 0.3) is 0 Å². The number of alkyl halides is 1. The third-order valence-corrected chi connectivity index (χ3v) is 3.86. The largest absolute Gasteiger partial charge is 0.384 e. The molecule has 0 aromatic heterocycles. The van der Waals surface area contributed by atoms with Crippen LogP contribution in [-0.2, 0) is 11.2 Å². The first-order chi connectivity index (χ1) is 9.61. The van der Waals surface area contributed by atoms with E-state index in [-0.39, 0.29) is 11.2 Å². The fourth-order valence-electron chi connectivity index (χ4n) is 2.03. The lowest BCUT2D eigenvalue weighted by atomic mass is 10.0. The van der Waals surface area contributed by atoms with Crippen molar-refractivity contribution >= 4 is 11.6 Å². The van der Waals surface area contributed by atoms with Crippen LogP contribution >= 0.6 is 11.6 Å². The summed E-state index contributed by atoms with van der Waals surface area (Å²) in [7, 11) is 1.69. The van der Waals surface area contributed by atoms with Crippen molar-refractivity contribution < 1.29 is 9.13 Å². The summed E-state index contributed by atoms with van der Waals surface area (Å²) < 4.78 is 18.6. The summed E-state index contributed by atoms with van der Waals surface area (Å²) in [6.45, 7) is 2.44. The minimum Gasteiger partial charge on any atom is -0.384 e. The van der Waals surface area contributed by atoms with E-state index >= 15 is 0 Å². The fraction of sp³-hybridized carbons (Fsp3) is 0.294. The van der Waals surface area contributed by atoms with Crippen molar-refractivity contribution in [1.29, 1.82) is 0 Å². The smallest absolute Gasteiger partial charge is 0.126 e. The molecule has 2 rings (SSSR count). The molecule has 106 valence electrons. The Bertz CT molecular complexity index is 566. The summed E-state index contributed by atoms with van der Waals surface area (Å²) in [4.78, 5) is 0. The average molecular weight is 293 g/mol. The van der Waals surface area contributed by atoms with Gasteiger partial charge >= 0.3 is 0 Å². The van der Waals surface area contributed by atoms with Gasteiger partial charge in [-0.15, -0.1) is 11.6 Å². The Balaban J connectivity index is 2.15. The van der Waals surface area contributed by atoms with Crippen molar-refractivity contribution in [3.05, 3.63) is 70.5 Å². The van der Waals surface area contributed by atoms with E-state index in [1.807, 2.05) is 30.3 Å². The quantitative estimate of drug-likeness (QED) is 0.729. The predicted octanol–water partition coefficient (Wildman–Crippen LogP) is 4.65. The van der Waals surface area contributed by atoms with Gasteiger partial charge in [-0.2, -0.15) is 0 Å². The number of benzene rings is 2. The lowest BCUT2D eigenvalue weighted by Gasteiger charge is -2.12. The van der Waals surface area contributed by atoms with Crippen LogP contribution in [0.15, 0.2) is 42.5 Å². The first-order valence-electron chi connectivity index (χ1n) is 6.59. The summed E-state index contributed by atoms with van der Waals surface area (Å²) in [5.41, 5.74) is 3.58. The van der Waals surface area contributed by atoms with Crippen LogP contribution in [0, 0.1) is 12.7 Å². The molecule has 0 aliphatic rings. The van der Waals surface area contributed by atoms with E-state index in [0.29, 0.717) is 12.2 Å². The standard InChI is InChI=1S/C17H18ClFO/c1-12-3-6-15(11-16(12)19)17(18)14-7-4-13(5-8-14)9-10-20-2/h3-8,11,17H,9-10H2,1-2H3. The van der Waals surface area contributed by atoms with E-state index in [2.05, 4.69) is 0 Å². The Morgan fingerprint density at radius 2 is 1.75 bits per heavy atom. The molecule has 0 fully saturated rings. The van der Waals surface area contributed by atoms with Gasteiger partial charge < -0.3 is 4.74 Å². The predicted molar refractivity (Wildman–Crippen MR) is 80.9 cm³/mol. The lowest BCUT2D eigenvalue weighted by molar-refractivity contribution is 0.202. The normalized spacial score (nSPS) is 12.4. The average Bonchev–Trinajstić information content (AvgIpc) is 2.48. The van der Waals surface area contributed by atoms with Crippen molar-refractivity contribution in [3.63, 3.8) is 0 Å². The Kier molecular flexibility index (Phi) is 5.16. The Hall–Kier alpha value is -1.38. The highest BCUT2D eigenvalue weighted by molar-refractivity contribution is 6.22. The summed E-state index contributed by atoms with van der Waals surface area (Å²) in [6, 6.07) is 13.2. The summed E-state index contributed by atoms with van der Waals surface area (Å²) in [5, 5.41) is -0.332. The van der Waals surface area contributed by atoms with E-state index < -0.39 is 0 Å². The number of methoxy groups -OCH3 is 1. The van der Waals surface area contributed by atoms with Gasteiger partial charge in [-0.3, -0.25) is 0 Å². The van der Waals surface area contributed by atoms with Gasteiger partial charge in [0.2, 0.25) is 0 Å². The van der Waals surface area contributed by atoms with E-state index in [9.17, 15) is 4.39 Å². The van der Waals surface area contributed by atoms with E-state index in [0.717, 1.165) is 17.5 Å². The molecule has 0 radical (unpaired) electrons. The summed E-state index contributed by atoms with van der Waals surface area (Å²) in [6.07, 6.45) is 0.878.